The standard InChI is InChI=1S/C12H11NO4/c14-10-6-8(7-11(15)16)12(17)13(10)9-4-2-1-3-5-9/h1-5,8H,6-7H2,(H,15,16). The minimum absolute atomic E-state index is 0.0278. The van der Waals surface area contributed by atoms with E-state index in [1.165, 1.54) is 0 Å². The lowest BCUT2D eigenvalue weighted by Gasteiger charge is -2.14. The summed E-state index contributed by atoms with van der Waals surface area (Å²) in [7, 11) is 0. The fraction of sp³-hybridized carbons (Fsp3) is 0.250. The van der Waals surface area contributed by atoms with E-state index in [-0.39, 0.29) is 18.7 Å². The molecule has 1 aliphatic heterocycles. The minimum atomic E-state index is -1.06. The maximum atomic E-state index is 11.9. The Morgan fingerprint density at radius 2 is 1.94 bits per heavy atom. The maximum absolute atomic E-state index is 11.9. The smallest absolute Gasteiger partial charge is 0.304 e. The summed E-state index contributed by atoms with van der Waals surface area (Å²) >= 11 is 0. The highest BCUT2D eigenvalue weighted by molar-refractivity contribution is 6.21. The Balaban J connectivity index is 2.23. The Labute approximate surface area is 97.7 Å². The first-order chi connectivity index (χ1) is 8.09. The second-order valence-electron chi connectivity index (χ2n) is 3.90. The van der Waals surface area contributed by atoms with Gasteiger partial charge in [-0.2, -0.15) is 0 Å². The number of carboxylic acids is 1. The van der Waals surface area contributed by atoms with Crippen LogP contribution in [0.5, 0.6) is 0 Å². The van der Waals surface area contributed by atoms with Gasteiger partial charge in [0.25, 0.3) is 0 Å². The lowest BCUT2D eigenvalue weighted by Crippen LogP contribution is -2.30. The summed E-state index contributed by atoms with van der Waals surface area (Å²) in [6, 6.07) is 8.53. The zero-order chi connectivity index (χ0) is 12.4. The number of para-hydroxylation sites is 1. The van der Waals surface area contributed by atoms with Crippen LogP contribution in [0.2, 0.25) is 0 Å². The number of anilines is 1. The highest BCUT2D eigenvalue weighted by Gasteiger charge is 2.40. The van der Waals surface area contributed by atoms with Gasteiger partial charge in [0.15, 0.2) is 0 Å². The Morgan fingerprint density at radius 3 is 2.53 bits per heavy atom. The molecule has 88 valence electrons. The third kappa shape index (κ3) is 2.18. The average molecular weight is 233 g/mol. The third-order valence-corrected chi connectivity index (χ3v) is 2.68. The molecule has 1 aromatic carbocycles. The summed E-state index contributed by atoms with van der Waals surface area (Å²) in [6.45, 7) is 0. The largest absolute Gasteiger partial charge is 0.481 e. The van der Waals surface area contributed by atoms with Crippen LogP contribution in [0.3, 0.4) is 0 Å². The van der Waals surface area contributed by atoms with Gasteiger partial charge in [0.2, 0.25) is 11.8 Å². The molecule has 0 aromatic heterocycles. The monoisotopic (exact) mass is 233 g/mol. The normalized spacial score (nSPS) is 19.8. The van der Waals surface area contributed by atoms with E-state index < -0.39 is 17.8 Å². The molecular weight excluding hydrogens is 222 g/mol. The highest BCUT2D eigenvalue weighted by Crippen LogP contribution is 2.27. The van der Waals surface area contributed by atoms with Crippen molar-refractivity contribution in [3.63, 3.8) is 0 Å². The summed E-state index contributed by atoms with van der Waals surface area (Å²) in [6.07, 6.45) is -0.325. The molecule has 1 fully saturated rings. The summed E-state index contributed by atoms with van der Waals surface area (Å²) in [5.74, 6) is -2.57. The number of amides is 2. The van der Waals surface area contributed by atoms with Gasteiger partial charge in [-0.1, -0.05) is 18.2 Å². The number of nitrogens with zero attached hydrogens (tertiary/aromatic N) is 1. The maximum Gasteiger partial charge on any atom is 0.304 e. The predicted molar refractivity (Wildman–Crippen MR) is 59.3 cm³/mol. The summed E-state index contributed by atoms with van der Waals surface area (Å²) in [5, 5.41) is 8.65. The second kappa shape index (κ2) is 4.37. The van der Waals surface area contributed by atoms with Crippen LogP contribution in [-0.2, 0) is 14.4 Å². The van der Waals surface area contributed by atoms with E-state index in [0.717, 1.165) is 4.90 Å². The number of carboxylic acid groups (broad SMARTS) is 1. The SMILES string of the molecule is O=C(O)CC1CC(=O)N(c2ccccc2)C1=O. The second-order valence-corrected chi connectivity index (χ2v) is 3.90. The van der Waals surface area contributed by atoms with Crippen molar-refractivity contribution >= 4 is 23.5 Å². The number of carbonyl (C=O) groups excluding carboxylic acids is 2. The number of aliphatic carboxylic acids is 1. The van der Waals surface area contributed by atoms with E-state index in [1.54, 1.807) is 30.3 Å². The molecule has 1 saturated heterocycles. The topological polar surface area (TPSA) is 74.7 Å². The Hall–Kier alpha value is -2.17. The van der Waals surface area contributed by atoms with Crippen molar-refractivity contribution in [2.75, 3.05) is 4.90 Å². The van der Waals surface area contributed by atoms with Crippen molar-refractivity contribution < 1.29 is 19.5 Å². The number of benzene rings is 1. The van der Waals surface area contributed by atoms with E-state index >= 15 is 0 Å². The molecule has 0 radical (unpaired) electrons. The lowest BCUT2D eigenvalue weighted by molar-refractivity contribution is -0.140. The molecule has 0 aliphatic carbocycles. The fourth-order valence-electron chi connectivity index (χ4n) is 1.91. The van der Waals surface area contributed by atoms with Crippen molar-refractivity contribution in [1.29, 1.82) is 0 Å². The average Bonchev–Trinajstić information content (AvgIpc) is 2.54. The number of imide groups is 1. The molecule has 5 heteroatoms. The summed E-state index contributed by atoms with van der Waals surface area (Å²) in [4.78, 5) is 35.2. The van der Waals surface area contributed by atoms with E-state index in [9.17, 15) is 14.4 Å². The zero-order valence-electron chi connectivity index (χ0n) is 9.00. The number of hydrogen-bond acceptors (Lipinski definition) is 3. The molecule has 5 nitrogen and oxygen atoms in total. The minimum Gasteiger partial charge on any atom is -0.481 e. The molecule has 17 heavy (non-hydrogen) atoms. The Kier molecular flexibility index (Phi) is 2.91. The molecule has 1 N–H and O–H groups in total. The molecule has 1 aliphatic rings. The zero-order valence-corrected chi connectivity index (χ0v) is 9.00. The van der Waals surface area contributed by atoms with E-state index in [4.69, 9.17) is 5.11 Å². The number of carbonyl (C=O) groups is 3. The lowest BCUT2D eigenvalue weighted by atomic mass is 10.0. The van der Waals surface area contributed by atoms with Gasteiger partial charge in [0.1, 0.15) is 0 Å². The number of hydrogen-bond donors (Lipinski definition) is 1. The fourth-order valence-corrected chi connectivity index (χ4v) is 1.91. The van der Waals surface area contributed by atoms with Crippen LogP contribution in [0.1, 0.15) is 12.8 Å². The molecule has 1 heterocycles. The van der Waals surface area contributed by atoms with Crippen LogP contribution in [-0.4, -0.2) is 22.9 Å². The first kappa shape index (κ1) is 11.3. The number of rotatable bonds is 3. The summed E-state index contributed by atoms with van der Waals surface area (Å²) in [5.41, 5.74) is 0.496. The van der Waals surface area contributed by atoms with Crippen LogP contribution in [0, 0.1) is 5.92 Å². The molecule has 1 aromatic rings. The van der Waals surface area contributed by atoms with Crippen molar-refractivity contribution in [2.24, 2.45) is 5.92 Å². The first-order valence-corrected chi connectivity index (χ1v) is 5.23. The van der Waals surface area contributed by atoms with Crippen LogP contribution < -0.4 is 4.90 Å². The van der Waals surface area contributed by atoms with Gasteiger partial charge >= 0.3 is 5.97 Å². The Bertz CT molecular complexity index is 469. The summed E-state index contributed by atoms with van der Waals surface area (Å²) < 4.78 is 0. The van der Waals surface area contributed by atoms with Crippen LogP contribution in [0.25, 0.3) is 0 Å². The van der Waals surface area contributed by atoms with E-state index in [2.05, 4.69) is 0 Å². The molecule has 2 amide bonds. The van der Waals surface area contributed by atoms with Gasteiger partial charge < -0.3 is 5.11 Å². The molecular formula is C12H11NO4. The molecule has 0 spiro atoms. The van der Waals surface area contributed by atoms with E-state index in [1.807, 2.05) is 0 Å². The van der Waals surface area contributed by atoms with E-state index in [0.29, 0.717) is 5.69 Å². The van der Waals surface area contributed by atoms with Gasteiger partial charge in [-0.15, -0.1) is 0 Å². The first-order valence-electron chi connectivity index (χ1n) is 5.23. The Morgan fingerprint density at radius 1 is 1.29 bits per heavy atom. The van der Waals surface area contributed by atoms with Crippen molar-refractivity contribution in [3.8, 4) is 0 Å². The van der Waals surface area contributed by atoms with Gasteiger partial charge in [-0.05, 0) is 12.1 Å². The van der Waals surface area contributed by atoms with Gasteiger partial charge in [-0.3, -0.25) is 19.3 Å². The quantitative estimate of drug-likeness (QED) is 0.791. The van der Waals surface area contributed by atoms with Crippen molar-refractivity contribution in [2.45, 2.75) is 12.8 Å². The predicted octanol–water partition coefficient (Wildman–Crippen LogP) is 1.04. The molecule has 2 rings (SSSR count). The van der Waals surface area contributed by atoms with Crippen molar-refractivity contribution in [3.05, 3.63) is 30.3 Å². The van der Waals surface area contributed by atoms with Crippen LogP contribution in [0.4, 0.5) is 5.69 Å². The van der Waals surface area contributed by atoms with Crippen LogP contribution in [0.15, 0.2) is 30.3 Å². The molecule has 1 atom stereocenters. The molecule has 0 saturated carbocycles. The van der Waals surface area contributed by atoms with Gasteiger partial charge in [0.05, 0.1) is 18.0 Å². The van der Waals surface area contributed by atoms with Crippen LogP contribution >= 0.6 is 0 Å². The molecule has 1 unspecified atom stereocenters. The van der Waals surface area contributed by atoms with Crippen molar-refractivity contribution in [1.82, 2.24) is 0 Å². The van der Waals surface area contributed by atoms with Gasteiger partial charge in [-0.25, -0.2) is 0 Å². The highest BCUT2D eigenvalue weighted by atomic mass is 16.4. The van der Waals surface area contributed by atoms with Gasteiger partial charge in [0, 0.05) is 6.42 Å². The molecule has 0 bridgehead atoms. The third-order valence-electron chi connectivity index (χ3n) is 2.68.